The van der Waals surface area contributed by atoms with E-state index in [0.29, 0.717) is 12.3 Å². The summed E-state index contributed by atoms with van der Waals surface area (Å²) < 4.78 is 5.75. The number of piperidine rings is 2. The average Bonchev–Trinajstić information content (AvgIpc) is 3.27. The Morgan fingerprint density at radius 3 is 2.61 bits per heavy atom. The van der Waals surface area contributed by atoms with Gasteiger partial charge < -0.3 is 20.0 Å². The average molecular weight is 390 g/mol. The Labute approximate surface area is 168 Å². The van der Waals surface area contributed by atoms with E-state index in [-0.39, 0.29) is 11.9 Å². The van der Waals surface area contributed by atoms with Crippen LogP contribution >= 0.6 is 0 Å². The van der Waals surface area contributed by atoms with Crippen molar-refractivity contribution in [2.75, 3.05) is 46.8 Å². The van der Waals surface area contributed by atoms with E-state index in [0.717, 1.165) is 57.3 Å². The number of aliphatic imine (C=N–C) groups is 1. The molecule has 28 heavy (non-hydrogen) atoms. The Morgan fingerprint density at radius 2 is 2.00 bits per heavy atom. The number of hydrogen-bond donors (Lipinski definition) is 2. The highest BCUT2D eigenvalue weighted by molar-refractivity contribution is 5.80. The molecule has 1 aromatic heterocycles. The highest BCUT2D eigenvalue weighted by atomic mass is 16.3. The van der Waals surface area contributed by atoms with E-state index in [9.17, 15) is 4.79 Å². The second-order valence-corrected chi connectivity index (χ2v) is 7.86. The quantitative estimate of drug-likeness (QED) is 0.577. The van der Waals surface area contributed by atoms with Crippen molar-refractivity contribution in [3.63, 3.8) is 0 Å². The predicted molar refractivity (Wildman–Crippen MR) is 111 cm³/mol. The van der Waals surface area contributed by atoms with Gasteiger partial charge in [-0.3, -0.25) is 14.7 Å². The second kappa shape index (κ2) is 10.5. The molecule has 7 nitrogen and oxygen atoms in total. The summed E-state index contributed by atoms with van der Waals surface area (Å²) in [7, 11) is 3.56. The molecule has 1 aromatic rings. The van der Waals surface area contributed by atoms with Gasteiger partial charge in [0.1, 0.15) is 5.76 Å². The molecule has 0 spiro atoms. The van der Waals surface area contributed by atoms with Crippen LogP contribution in [-0.4, -0.2) is 68.5 Å². The van der Waals surface area contributed by atoms with Gasteiger partial charge in [0.2, 0.25) is 5.91 Å². The van der Waals surface area contributed by atoms with Gasteiger partial charge in [0.25, 0.3) is 0 Å². The summed E-state index contributed by atoms with van der Waals surface area (Å²) in [5, 5.41) is 6.32. The van der Waals surface area contributed by atoms with Gasteiger partial charge >= 0.3 is 0 Å². The zero-order valence-corrected chi connectivity index (χ0v) is 17.3. The molecular weight excluding hydrogens is 354 g/mol. The van der Waals surface area contributed by atoms with E-state index >= 15 is 0 Å². The Morgan fingerprint density at radius 1 is 1.25 bits per heavy atom. The van der Waals surface area contributed by atoms with Crippen LogP contribution in [0.2, 0.25) is 0 Å². The number of guanidine groups is 1. The van der Waals surface area contributed by atoms with Crippen LogP contribution in [0, 0.1) is 5.92 Å². The van der Waals surface area contributed by atoms with Crippen molar-refractivity contribution < 1.29 is 9.21 Å². The number of likely N-dealkylation sites (tertiary alicyclic amines) is 2. The number of amides is 1. The lowest BCUT2D eigenvalue weighted by molar-refractivity contribution is -0.121. The lowest BCUT2D eigenvalue weighted by Crippen LogP contribution is -2.48. The van der Waals surface area contributed by atoms with E-state index in [1.54, 1.807) is 13.3 Å². The highest BCUT2D eigenvalue weighted by Crippen LogP contribution is 2.25. The molecule has 156 valence electrons. The zero-order chi connectivity index (χ0) is 19.8. The van der Waals surface area contributed by atoms with Gasteiger partial charge in [-0.15, -0.1) is 0 Å². The summed E-state index contributed by atoms with van der Waals surface area (Å²) in [6, 6.07) is 4.28. The normalized spacial score (nSPS) is 20.8. The van der Waals surface area contributed by atoms with Crippen molar-refractivity contribution in [1.82, 2.24) is 20.4 Å². The third-order valence-corrected chi connectivity index (χ3v) is 6.04. The SMILES string of the molecule is CN=C(NCC(c1ccco1)N1CCCCC1)N1CCC(CC(=O)NC)CC1. The summed E-state index contributed by atoms with van der Waals surface area (Å²) >= 11 is 0. The molecule has 0 aliphatic carbocycles. The molecule has 3 rings (SSSR count). The molecule has 1 amide bonds. The number of carbonyl (C=O) groups is 1. The van der Waals surface area contributed by atoms with Crippen LogP contribution < -0.4 is 10.6 Å². The van der Waals surface area contributed by atoms with Gasteiger partial charge in [-0.05, 0) is 56.8 Å². The first kappa shape index (κ1) is 20.7. The molecule has 3 heterocycles. The van der Waals surface area contributed by atoms with Crippen LogP contribution in [0.25, 0.3) is 0 Å². The number of carbonyl (C=O) groups excluding carboxylic acids is 1. The molecule has 2 fully saturated rings. The van der Waals surface area contributed by atoms with Crippen LogP contribution in [0.3, 0.4) is 0 Å². The fourth-order valence-corrected chi connectivity index (χ4v) is 4.35. The largest absolute Gasteiger partial charge is 0.468 e. The number of furan rings is 1. The van der Waals surface area contributed by atoms with E-state index in [2.05, 4.69) is 31.5 Å². The van der Waals surface area contributed by atoms with Gasteiger partial charge in [0.05, 0.1) is 12.3 Å². The molecule has 2 N–H and O–H groups in total. The van der Waals surface area contributed by atoms with E-state index in [1.165, 1.54) is 19.3 Å². The monoisotopic (exact) mass is 389 g/mol. The topological polar surface area (TPSA) is 73.1 Å². The van der Waals surface area contributed by atoms with Crippen LogP contribution in [0.1, 0.15) is 50.3 Å². The van der Waals surface area contributed by atoms with Crippen LogP contribution in [0.15, 0.2) is 27.8 Å². The van der Waals surface area contributed by atoms with Crippen molar-refractivity contribution >= 4 is 11.9 Å². The standard InChI is InChI=1S/C21H35N5O2/c1-22-20(27)15-17-8-12-26(13-9-17)21(23-2)24-16-18(19-7-6-14-28-19)25-10-4-3-5-11-25/h6-7,14,17-18H,3-5,8-13,15-16H2,1-2H3,(H,22,27)(H,23,24). The molecule has 0 saturated carbocycles. The van der Waals surface area contributed by atoms with Crippen molar-refractivity contribution in [1.29, 1.82) is 0 Å². The van der Waals surface area contributed by atoms with E-state index in [4.69, 9.17) is 4.42 Å². The molecule has 0 radical (unpaired) electrons. The Balaban J connectivity index is 1.54. The molecule has 0 aromatic carbocycles. The zero-order valence-electron chi connectivity index (χ0n) is 17.3. The van der Waals surface area contributed by atoms with Gasteiger partial charge in [-0.2, -0.15) is 0 Å². The second-order valence-electron chi connectivity index (χ2n) is 7.86. The summed E-state index contributed by atoms with van der Waals surface area (Å²) in [5.41, 5.74) is 0. The third-order valence-electron chi connectivity index (χ3n) is 6.04. The first-order valence-corrected chi connectivity index (χ1v) is 10.6. The maximum Gasteiger partial charge on any atom is 0.220 e. The predicted octanol–water partition coefficient (Wildman–Crippen LogP) is 2.23. The van der Waals surface area contributed by atoms with Crippen molar-refractivity contribution in [2.24, 2.45) is 10.9 Å². The smallest absolute Gasteiger partial charge is 0.220 e. The first-order valence-electron chi connectivity index (χ1n) is 10.6. The van der Waals surface area contributed by atoms with Crippen molar-refractivity contribution in [3.05, 3.63) is 24.2 Å². The van der Waals surface area contributed by atoms with Crippen LogP contribution in [-0.2, 0) is 4.79 Å². The minimum atomic E-state index is 0.142. The minimum Gasteiger partial charge on any atom is -0.468 e. The van der Waals surface area contributed by atoms with Gasteiger partial charge in [0.15, 0.2) is 5.96 Å². The Hall–Kier alpha value is -2.02. The fourth-order valence-electron chi connectivity index (χ4n) is 4.35. The van der Waals surface area contributed by atoms with Crippen LogP contribution in [0.4, 0.5) is 0 Å². The molecule has 2 aliphatic heterocycles. The highest BCUT2D eigenvalue weighted by Gasteiger charge is 2.27. The lowest BCUT2D eigenvalue weighted by atomic mass is 9.93. The Bertz CT molecular complexity index is 617. The maximum absolute atomic E-state index is 11.6. The van der Waals surface area contributed by atoms with E-state index in [1.807, 2.05) is 13.1 Å². The van der Waals surface area contributed by atoms with Gasteiger partial charge in [-0.25, -0.2) is 0 Å². The first-order chi connectivity index (χ1) is 13.7. The number of nitrogens with one attached hydrogen (secondary N) is 2. The fraction of sp³-hybridized carbons (Fsp3) is 0.714. The molecule has 7 heteroatoms. The number of hydrogen-bond acceptors (Lipinski definition) is 4. The third kappa shape index (κ3) is 5.50. The number of rotatable bonds is 6. The molecule has 0 bridgehead atoms. The summed E-state index contributed by atoms with van der Waals surface area (Å²) in [6.45, 7) is 4.92. The van der Waals surface area contributed by atoms with Gasteiger partial charge in [-0.1, -0.05) is 6.42 Å². The molecule has 2 aliphatic rings. The molecule has 1 unspecified atom stereocenters. The van der Waals surface area contributed by atoms with Gasteiger partial charge in [0, 0.05) is 40.2 Å². The van der Waals surface area contributed by atoms with Crippen LogP contribution in [0.5, 0.6) is 0 Å². The van der Waals surface area contributed by atoms with Crippen molar-refractivity contribution in [2.45, 2.75) is 44.6 Å². The summed E-state index contributed by atoms with van der Waals surface area (Å²) in [4.78, 5) is 21.0. The molecule has 1 atom stereocenters. The van der Waals surface area contributed by atoms with E-state index < -0.39 is 0 Å². The minimum absolute atomic E-state index is 0.142. The molecule has 2 saturated heterocycles. The summed E-state index contributed by atoms with van der Waals surface area (Å²) in [5.74, 6) is 2.59. The lowest BCUT2D eigenvalue weighted by Gasteiger charge is -2.36. The number of nitrogens with zero attached hydrogens (tertiary/aromatic N) is 3. The Kier molecular flexibility index (Phi) is 7.77. The van der Waals surface area contributed by atoms with Crippen molar-refractivity contribution in [3.8, 4) is 0 Å². The summed E-state index contributed by atoms with van der Waals surface area (Å²) in [6.07, 6.45) is 8.28. The maximum atomic E-state index is 11.6. The molecular formula is C21H35N5O2.